The van der Waals surface area contributed by atoms with E-state index in [2.05, 4.69) is 25.8 Å². The molecule has 0 aromatic heterocycles. The minimum Gasteiger partial charge on any atom is -0.304 e. The lowest BCUT2D eigenvalue weighted by molar-refractivity contribution is -0.107. The van der Waals surface area contributed by atoms with Crippen LogP contribution in [-0.2, 0) is 4.79 Å². The summed E-state index contributed by atoms with van der Waals surface area (Å²) >= 11 is 0. The molecule has 0 aromatic rings. The lowest BCUT2D eigenvalue weighted by atomic mass is 10.1. The van der Waals surface area contributed by atoms with Gasteiger partial charge >= 0.3 is 0 Å². The van der Waals surface area contributed by atoms with E-state index in [-0.39, 0.29) is 0 Å². The Morgan fingerprint density at radius 1 is 1.00 bits per heavy atom. The number of carbonyl (C=O) groups is 1. The first-order valence-electron chi connectivity index (χ1n) is 6.32. The van der Waals surface area contributed by atoms with Gasteiger partial charge in [0.25, 0.3) is 0 Å². The van der Waals surface area contributed by atoms with E-state index in [1.807, 2.05) is 0 Å². The SMILES string of the molecule is CC(C)N(C)CCCCCCCCC=O. The zero-order valence-electron chi connectivity index (χ0n) is 10.7. The Kier molecular flexibility index (Phi) is 9.91. The highest BCUT2D eigenvalue weighted by molar-refractivity contribution is 5.48. The van der Waals surface area contributed by atoms with E-state index in [1.165, 1.54) is 38.6 Å². The van der Waals surface area contributed by atoms with Crippen LogP contribution >= 0.6 is 0 Å². The van der Waals surface area contributed by atoms with E-state index in [9.17, 15) is 4.79 Å². The van der Waals surface area contributed by atoms with Gasteiger partial charge in [0, 0.05) is 12.5 Å². The van der Waals surface area contributed by atoms with Gasteiger partial charge in [0.05, 0.1) is 0 Å². The van der Waals surface area contributed by atoms with Crippen LogP contribution in [0.5, 0.6) is 0 Å². The summed E-state index contributed by atoms with van der Waals surface area (Å²) in [5, 5.41) is 0. The number of nitrogens with zero attached hydrogens (tertiary/aromatic N) is 1. The molecule has 0 atom stereocenters. The maximum absolute atomic E-state index is 10.1. The van der Waals surface area contributed by atoms with Crippen LogP contribution in [0, 0.1) is 0 Å². The third-order valence-corrected chi connectivity index (χ3v) is 2.96. The largest absolute Gasteiger partial charge is 0.304 e. The van der Waals surface area contributed by atoms with Gasteiger partial charge in [-0.1, -0.05) is 25.7 Å². The van der Waals surface area contributed by atoms with E-state index in [0.29, 0.717) is 6.04 Å². The van der Waals surface area contributed by atoms with Crippen molar-refractivity contribution in [1.82, 2.24) is 4.90 Å². The fourth-order valence-electron chi connectivity index (χ4n) is 1.55. The fraction of sp³-hybridized carbons (Fsp3) is 0.923. The Bertz CT molecular complexity index is 145. The zero-order valence-corrected chi connectivity index (χ0v) is 10.7. The van der Waals surface area contributed by atoms with Crippen molar-refractivity contribution in [3.63, 3.8) is 0 Å². The highest BCUT2D eigenvalue weighted by Gasteiger charge is 2.01. The van der Waals surface area contributed by atoms with E-state index >= 15 is 0 Å². The monoisotopic (exact) mass is 213 g/mol. The molecule has 0 N–H and O–H groups in total. The van der Waals surface area contributed by atoms with Crippen molar-refractivity contribution >= 4 is 6.29 Å². The van der Waals surface area contributed by atoms with Gasteiger partial charge in [-0.3, -0.25) is 0 Å². The van der Waals surface area contributed by atoms with Gasteiger partial charge in [-0.25, -0.2) is 0 Å². The molecule has 0 heterocycles. The van der Waals surface area contributed by atoms with Crippen LogP contribution in [0.15, 0.2) is 0 Å². The van der Waals surface area contributed by atoms with Gasteiger partial charge in [-0.15, -0.1) is 0 Å². The smallest absolute Gasteiger partial charge is 0.119 e. The molecule has 0 fully saturated rings. The molecule has 0 unspecified atom stereocenters. The maximum atomic E-state index is 10.1. The first-order chi connectivity index (χ1) is 7.18. The van der Waals surface area contributed by atoms with Gasteiger partial charge in [0.15, 0.2) is 0 Å². The maximum Gasteiger partial charge on any atom is 0.119 e. The number of hydrogen-bond acceptors (Lipinski definition) is 2. The summed E-state index contributed by atoms with van der Waals surface area (Å²) < 4.78 is 0. The molecular formula is C13H27NO. The third-order valence-electron chi connectivity index (χ3n) is 2.96. The molecule has 0 radical (unpaired) electrons. The summed E-state index contributed by atoms with van der Waals surface area (Å²) in [5.41, 5.74) is 0. The summed E-state index contributed by atoms with van der Waals surface area (Å²) in [4.78, 5) is 12.5. The number of rotatable bonds is 10. The fourth-order valence-corrected chi connectivity index (χ4v) is 1.55. The summed E-state index contributed by atoms with van der Waals surface area (Å²) in [6.45, 7) is 5.69. The van der Waals surface area contributed by atoms with Crippen molar-refractivity contribution in [3.8, 4) is 0 Å². The van der Waals surface area contributed by atoms with E-state index in [1.54, 1.807) is 0 Å². The van der Waals surface area contributed by atoms with Crippen molar-refractivity contribution in [2.75, 3.05) is 13.6 Å². The Labute approximate surface area is 95.0 Å². The Balaban J connectivity index is 3.08. The standard InChI is InChI=1S/C13H27NO/c1-13(2)14(3)11-9-7-5-4-6-8-10-12-15/h12-13H,4-11H2,1-3H3. The quantitative estimate of drug-likeness (QED) is 0.410. The molecule has 0 bridgehead atoms. The second-order valence-corrected chi connectivity index (χ2v) is 4.65. The molecule has 0 spiro atoms. The predicted octanol–water partition coefficient (Wildman–Crippen LogP) is 3.26. The molecule has 2 nitrogen and oxygen atoms in total. The Hall–Kier alpha value is -0.370. The average Bonchev–Trinajstić information content (AvgIpc) is 2.21. The minimum absolute atomic E-state index is 0.664. The number of hydrogen-bond donors (Lipinski definition) is 0. The predicted molar refractivity (Wildman–Crippen MR) is 66.1 cm³/mol. The van der Waals surface area contributed by atoms with Crippen LogP contribution in [0.3, 0.4) is 0 Å². The molecule has 15 heavy (non-hydrogen) atoms. The highest BCUT2D eigenvalue weighted by atomic mass is 16.1. The molecule has 0 rings (SSSR count). The summed E-state index contributed by atoms with van der Waals surface area (Å²) in [6, 6.07) is 0.664. The third kappa shape index (κ3) is 9.92. The lowest BCUT2D eigenvalue weighted by Gasteiger charge is -2.20. The Morgan fingerprint density at radius 3 is 2.07 bits per heavy atom. The van der Waals surface area contributed by atoms with Crippen LogP contribution in [0.2, 0.25) is 0 Å². The van der Waals surface area contributed by atoms with Crippen LogP contribution in [0.4, 0.5) is 0 Å². The van der Waals surface area contributed by atoms with Crippen molar-refractivity contribution in [2.45, 2.75) is 64.8 Å². The van der Waals surface area contributed by atoms with Gasteiger partial charge in [0.2, 0.25) is 0 Å². The molecule has 0 aliphatic carbocycles. The minimum atomic E-state index is 0.664. The summed E-state index contributed by atoms with van der Waals surface area (Å²) in [6.07, 6.45) is 9.33. The Morgan fingerprint density at radius 2 is 1.53 bits per heavy atom. The highest BCUT2D eigenvalue weighted by Crippen LogP contribution is 2.07. The summed E-state index contributed by atoms with van der Waals surface area (Å²) in [5.74, 6) is 0. The second-order valence-electron chi connectivity index (χ2n) is 4.65. The molecule has 0 saturated carbocycles. The van der Waals surface area contributed by atoms with Gasteiger partial charge in [-0.2, -0.15) is 0 Å². The van der Waals surface area contributed by atoms with Gasteiger partial charge < -0.3 is 9.69 Å². The van der Waals surface area contributed by atoms with Crippen molar-refractivity contribution < 1.29 is 4.79 Å². The molecule has 0 aliphatic rings. The van der Waals surface area contributed by atoms with E-state index in [0.717, 1.165) is 19.1 Å². The molecule has 90 valence electrons. The normalized spacial score (nSPS) is 11.3. The lowest BCUT2D eigenvalue weighted by Crippen LogP contribution is -2.27. The van der Waals surface area contributed by atoms with E-state index in [4.69, 9.17) is 0 Å². The molecule has 0 aromatic carbocycles. The first-order valence-corrected chi connectivity index (χ1v) is 6.32. The van der Waals surface area contributed by atoms with Gasteiger partial charge in [-0.05, 0) is 40.3 Å². The molecule has 0 amide bonds. The average molecular weight is 213 g/mol. The summed E-state index contributed by atoms with van der Waals surface area (Å²) in [7, 11) is 2.19. The molecule has 2 heteroatoms. The molecule has 0 saturated heterocycles. The second kappa shape index (κ2) is 10.2. The first kappa shape index (κ1) is 14.6. The van der Waals surface area contributed by atoms with Crippen molar-refractivity contribution in [1.29, 1.82) is 0 Å². The molecule has 0 aliphatic heterocycles. The molecular weight excluding hydrogens is 186 g/mol. The van der Waals surface area contributed by atoms with Crippen molar-refractivity contribution in [2.24, 2.45) is 0 Å². The number of aldehydes is 1. The zero-order chi connectivity index (χ0) is 11.5. The van der Waals surface area contributed by atoms with Crippen molar-refractivity contribution in [3.05, 3.63) is 0 Å². The van der Waals surface area contributed by atoms with Gasteiger partial charge in [0.1, 0.15) is 6.29 Å². The van der Waals surface area contributed by atoms with E-state index < -0.39 is 0 Å². The topological polar surface area (TPSA) is 20.3 Å². The number of unbranched alkanes of at least 4 members (excludes halogenated alkanes) is 6. The van der Waals surface area contributed by atoms with Crippen LogP contribution in [0.25, 0.3) is 0 Å². The van der Waals surface area contributed by atoms with Crippen LogP contribution in [-0.4, -0.2) is 30.8 Å². The van der Waals surface area contributed by atoms with Crippen LogP contribution in [0.1, 0.15) is 58.8 Å². The number of carbonyl (C=O) groups excluding carboxylic acids is 1. The van der Waals surface area contributed by atoms with Crippen LogP contribution < -0.4 is 0 Å².